The standard InChI is InChI=1S/C29H27BrF3N3O10S2/c1-44-22(37)15-46-24-23(30)25(47-26(24)27(38)45-2)17-7-5-8-20(14-17)35(28(39)29(31,32)33)19-10-12-34(13-11-19)48(42,43)16-18-6-3-4-9-21(18)36(40)41/h3-9,14,19H,10-13,15-16H2,1-2H3. The minimum Gasteiger partial charge on any atom is -0.479 e. The predicted octanol–water partition coefficient (Wildman–Crippen LogP) is 5.31. The molecule has 0 spiro atoms. The number of sulfonamides is 1. The molecule has 258 valence electrons. The molecule has 1 amide bonds. The molecule has 0 radical (unpaired) electrons. The number of ether oxygens (including phenoxy) is 3. The molecule has 2 aromatic carbocycles. The van der Waals surface area contributed by atoms with Crippen molar-refractivity contribution in [1.82, 2.24) is 4.31 Å². The second kappa shape index (κ2) is 15.0. The molecule has 19 heteroatoms. The molecule has 1 aliphatic rings. The molecule has 1 aliphatic heterocycles. The molecule has 0 N–H and O–H groups in total. The van der Waals surface area contributed by atoms with Crippen LogP contribution in [0.15, 0.2) is 53.0 Å². The van der Waals surface area contributed by atoms with E-state index in [0.29, 0.717) is 9.78 Å². The average molecular weight is 779 g/mol. The summed E-state index contributed by atoms with van der Waals surface area (Å²) in [5.74, 6) is -4.45. The molecule has 2 heterocycles. The average Bonchev–Trinajstić information content (AvgIpc) is 3.38. The summed E-state index contributed by atoms with van der Waals surface area (Å²) in [6, 6.07) is 9.81. The van der Waals surface area contributed by atoms with Crippen molar-refractivity contribution in [1.29, 1.82) is 0 Å². The van der Waals surface area contributed by atoms with Crippen LogP contribution in [-0.2, 0) is 34.8 Å². The topological polar surface area (TPSA) is 163 Å². The maximum atomic E-state index is 13.9. The number of hydrogen-bond donors (Lipinski definition) is 0. The Bertz CT molecular complexity index is 1830. The summed E-state index contributed by atoms with van der Waals surface area (Å²) >= 11 is 4.20. The van der Waals surface area contributed by atoms with Crippen molar-refractivity contribution in [2.24, 2.45) is 0 Å². The molecular formula is C29H27BrF3N3O10S2. The lowest BCUT2D eigenvalue weighted by atomic mass is 10.0. The number of alkyl halides is 3. The number of benzene rings is 2. The molecular weight excluding hydrogens is 751 g/mol. The number of nitrogens with zero attached hydrogens (tertiary/aromatic N) is 3. The van der Waals surface area contributed by atoms with E-state index in [4.69, 9.17) is 9.47 Å². The molecule has 0 atom stereocenters. The normalized spacial score (nSPS) is 14.3. The predicted molar refractivity (Wildman–Crippen MR) is 170 cm³/mol. The SMILES string of the molecule is COC(=O)COc1c(C(=O)OC)sc(-c2cccc(N(C(=O)C(F)(F)F)C3CCN(S(=O)(=O)Cc4ccccc4[N+](=O)[O-])CC3)c2)c1Br. The molecule has 4 rings (SSSR count). The number of para-hydroxylation sites is 1. The van der Waals surface area contributed by atoms with Gasteiger partial charge in [-0.15, -0.1) is 11.3 Å². The summed E-state index contributed by atoms with van der Waals surface area (Å²) in [6.07, 6.45) is -5.60. The van der Waals surface area contributed by atoms with Crippen LogP contribution in [0.2, 0.25) is 0 Å². The minimum absolute atomic E-state index is 0.0377. The van der Waals surface area contributed by atoms with Crippen LogP contribution in [0.3, 0.4) is 0 Å². The number of esters is 2. The zero-order chi connectivity index (χ0) is 35.4. The second-order valence-electron chi connectivity index (χ2n) is 10.3. The van der Waals surface area contributed by atoms with Crippen molar-refractivity contribution in [3.8, 4) is 16.2 Å². The van der Waals surface area contributed by atoms with Crippen LogP contribution in [0.25, 0.3) is 10.4 Å². The lowest BCUT2D eigenvalue weighted by Gasteiger charge is -2.38. The number of amides is 1. The Morgan fingerprint density at radius 1 is 1.08 bits per heavy atom. The molecule has 0 saturated carbocycles. The van der Waals surface area contributed by atoms with Gasteiger partial charge in [0.25, 0.3) is 5.69 Å². The summed E-state index contributed by atoms with van der Waals surface area (Å²) in [5, 5.41) is 11.4. The molecule has 1 saturated heterocycles. The van der Waals surface area contributed by atoms with E-state index >= 15 is 0 Å². The number of halogens is 4. The minimum atomic E-state index is -5.28. The van der Waals surface area contributed by atoms with Gasteiger partial charge in [0.2, 0.25) is 10.0 Å². The van der Waals surface area contributed by atoms with E-state index in [2.05, 4.69) is 20.7 Å². The number of piperidine rings is 1. The Morgan fingerprint density at radius 2 is 1.75 bits per heavy atom. The van der Waals surface area contributed by atoms with E-state index in [0.717, 1.165) is 29.9 Å². The van der Waals surface area contributed by atoms with Crippen LogP contribution in [0.1, 0.15) is 28.1 Å². The number of hydrogen-bond acceptors (Lipinski definition) is 11. The van der Waals surface area contributed by atoms with Crippen molar-refractivity contribution in [3.05, 3.63) is 73.6 Å². The number of rotatable bonds is 11. The van der Waals surface area contributed by atoms with Crippen molar-refractivity contribution < 1.29 is 55.1 Å². The van der Waals surface area contributed by atoms with Gasteiger partial charge in [-0.2, -0.15) is 13.2 Å². The summed E-state index contributed by atoms with van der Waals surface area (Å²) in [7, 11) is -1.84. The maximum absolute atomic E-state index is 13.9. The first-order chi connectivity index (χ1) is 22.6. The number of thiophene rings is 1. The van der Waals surface area contributed by atoms with E-state index in [-0.39, 0.29) is 63.5 Å². The highest BCUT2D eigenvalue weighted by molar-refractivity contribution is 9.10. The fourth-order valence-electron chi connectivity index (χ4n) is 5.03. The van der Waals surface area contributed by atoms with Crippen molar-refractivity contribution in [2.75, 3.05) is 38.8 Å². The number of nitro groups is 1. The summed E-state index contributed by atoms with van der Waals surface area (Å²) in [6.45, 7) is -1.04. The van der Waals surface area contributed by atoms with Gasteiger partial charge in [-0.05, 0) is 46.5 Å². The molecule has 0 aliphatic carbocycles. The zero-order valence-corrected chi connectivity index (χ0v) is 28.4. The number of methoxy groups -OCH3 is 2. The Hall–Kier alpha value is -4.07. The van der Waals surface area contributed by atoms with Gasteiger partial charge in [0.05, 0.1) is 34.2 Å². The van der Waals surface area contributed by atoms with Gasteiger partial charge in [-0.25, -0.2) is 22.3 Å². The van der Waals surface area contributed by atoms with Crippen LogP contribution in [0.5, 0.6) is 5.75 Å². The van der Waals surface area contributed by atoms with E-state index in [1.165, 1.54) is 48.5 Å². The number of carbonyl (C=O) groups is 3. The van der Waals surface area contributed by atoms with Gasteiger partial charge in [0.1, 0.15) is 0 Å². The molecule has 1 fully saturated rings. The van der Waals surface area contributed by atoms with Gasteiger partial charge in [0, 0.05) is 36.4 Å². The monoisotopic (exact) mass is 777 g/mol. The van der Waals surface area contributed by atoms with E-state index < -0.39 is 57.4 Å². The van der Waals surface area contributed by atoms with Gasteiger partial charge >= 0.3 is 24.0 Å². The highest BCUT2D eigenvalue weighted by Gasteiger charge is 2.46. The molecule has 0 bridgehead atoms. The largest absolute Gasteiger partial charge is 0.479 e. The Morgan fingerprint density at radius 3 is 2.35 bits per heavy atom. The van der Waals surface area contributed by atoms with Crippen molar-refractivity contribution >= 4 is 66.5 Å². The Labute approximate surface area is 284 Å². The molecule has 0 unspecified atom stereocenters. The first-order valence-corrected chi connectivity index (χ1v) is 17.1. The second-order valence-corrected chi connectivity index (χ2v) is 14.0. The van der Waals surface area contributed by atoms with Crippen LogP contribution in [0, 0.1) is 10.1 Å². The van der Waals surface area contributed by atoms with Crippen molar-refractivity contribution in [3.63, 3.8) is 0 Å². The quantitative estimate of drug-likeness (QED) is 0.142. The number of carbonyl (C=O) groups excluding carboxylic acids is 3. The zero-order valence-electron chi connectivity index (χ0n) is 25.2. The van der Waals surface area contributed by atoms with E-state index in [1.807, 2.05) is 0 Å². The fourth-order valence-corrected chi connectivity index (χ4v) is 8.59. The lowest BCUT2D eigenvalue weighted by molar-refractivity contribution is -0.385. The van der Waals surface area contributed by atoms with E-state index in [1.54, 1.807) is 0 Å². The third kappa shape index (κ3) is 8.13. The van der Waals surface area contributed by atoms with Crippen LogP contribution >= 0.6 is 27.3 Å². The highest BCUT2D eigenvalue weighted by Crippen LogP contribution is 2.47. The van der Waals surface area contributed by atoms with Gasteiger partial charge < -0.3 is 19.1 Å². The van der Waals surface area contributed by atoms with Gasteiger partial charge in [0.15, 0.2) is 17.2 Å². The smallest absolute Gasteiger partial charge is 0.471 e. The lowest BCUT2D eigenvalue weighted by Crippen LogP contribution is -2.52. The fraction of sp³-hybridized carbons (Fsp3) is 0.345. The Kier molecular flexibility index (Phi) is 11.5. The van der Waals surface area contributed by atoms with Crippen LogP contribution in [0.4, 0.5) is 24.5 Å². The molecule has 1 aromatic heterocycles. The third-order valence-electron chi connectivity index (χ3n) is 7.30. The van der Waals surface area contributed by atoms with Gasteiger partial charge in [-0.3, -0.25) is 14.9 Å². The third-order valence-corrected chi connectivity index (χ3v) is 11.3. The maximum Gasteiger partial charge on any atom is 0.471 e. The number of anilines is 1. The molecule has 3 aromatic rings. The van der Waals surface area contributed by atoms with Crippen LogP contribution < -0.4 is 9.64 Å². The van der Waals surface area contributed by atoms with E-state index in [9.17, 15) is 46.1 Å². The molecule has 48 heavy (non-hydrogen) atoms. The summed E-state index contributed by atoms with van der Waals surface area (Å²) < 4.78 is 84.2. The summed E-state index contributed by atoms with van der Waals surface area (Å²) in [5.41, 5.74) is -0.278. The van der Waals surface area contributed by atoms with Crippen molar-refractivity contribution in [2.45, 2.75) is 30.8 Å². The molecule has 13 nitrogen and oxygen atoms in total. The first kappa shape index (κ1) is 36.8. The van der Waals surface area contributed by atoms with Crippen LogP contribution in [-0.4, -0.2) is 81.6 Å². The summed E-state index contributed by atoms with van der Waals surface area (Å²) in [4.78, 5) is 48.5. The van der Waals surface area contributed by atoms with Gasteiger partial charge in [-0.1, -0.05) is 30.3 Å². The number of nitro benzene ring substituents is 1. The highest BCUT2D eigenvalue weighted by atomic mass is 79.9. The first-order valence-electron chi connectivity index (χ1n) is 13.9. The Balaban J connectivity index is 1.64.